The largest absolute Gasteiger partial charge is 0.461 e. The van der Waals surface area contributed by atoms with Gasteiger partial charge in [-0.2, -0.15) is 5.26 Å². The number of hydrogen-bond acceptors (Lipinski definition) is 4. The van der Waals surface area contributed by atoms with E-state index in [0.29, 0.717) is 18.2 Å². The van der Waals surface area contributed by atoms with Gasteiger partial charge in [0.05, 0.1) is 23.8 Å². The third-order valence-corrected chi connectivity index (χ3v) is 6.95. The maximum Gasteiger partial charge on any atom is 0.355 e. The highest BCUT2D eigenvalue weighted by Gasteiger charge is 2.55. The molecule has 1 aromatic heterocycles. The first-order chi connectivity index (χ1) is 13.5. The van der Waals surface area contributed by atoms with E-state index >= 15 is 0 Å². The van der Waals surface area contributed by atoms with Gasteiger partial charge in [-0.1, -0.05) is 13.0 Å². The molecule has 3 fully saturated rings. The Balaban J connectivity index is 1.59. The van der Waals surface area contributed by atoms with Gasteiger partial charge in [-0.15, -0.1) is 0 Å². The number of benzene rings is 1. The summed E-state index contributed by atoms with van der Waals surface area (Å²) in [5.41, 5.74) is 2.25. The normalized spacial score (nSPS) is 30.2. The zero-order valence-corrected chi connectivity index (χ0v) is 16.5. The summed E-state index contributed by atoms with van der Waals surface area (Å²) in [4.78, 5) is 12.6. The number of carbonyl (C=O) groups is 1. The van der Waals surface area contributed by atoms with Crippen LogP contribution in [0, 0.1) is 17.2 Å². The number of nitrogens with zero attached hydrogens (tertiary/aromatic N) is 2. The fourth-order valence-corrected chi connectivity index (χ4v) is 5.00. The van der Waals surface area contributed by atoms with Crippen molar-refractivity contribution in [1.82, 2.24) is 4.57 Å². The fraction of sp³-hybridized carbons (Fsp3) is 0.565. The van der Waals surface area contributed by atoms with Crippen LogP contribution in [0.3, 0.4) is 0 Å². The number of nitriles is 1. The van der Waals surface area contributed by atoms with Gasteiger partial charge in [-0.25, -0.2) is 4.79 Å². The lowest BCUT2D eigenvalue weighted by Gasteiger charge is -2.30. The van der Waals surface area contributed by atoms with Crippen molar-refractivity contribution in [1.29, 1.82) is 5.26 Å². The Kier molecular flexibility index (Phi) is 3.86. The highest BCUT2D eigenvalue weighted by atomic mass is 16.5. The Hall–Kier alpha value is -2.32. The number of ether oxygens (including phenoxy) is 2. The number of esters is 1. The van der Waals surface area contributed by atoms with Crippen LogP contribution in [0.1, 0.15) is 67.9 Å². The minimum absolute atomic E-state index is 0.133. The van der Waals surface area contributed by atoms with Crippen molar-refractivity contribution in [3.63, 3.8) is 0 Å². The molecule has 0 N–H and O–H groups in total. The van der Waals surface area contributed by atoms with Crippen LogP contribution in [0.4, 0.5) is 0 Å². The molecule has 5 nitrogen and oxygen atoms in total. The van der Waals surface area contributed by atoms with Crippen LogP contribution in [-0.2, 0) is 15.0 Å². The number of aromatic nitrogens is 1. The van der Waals surface area contributed by atoms with Crippen LogP contribution in [0.15, 0.2) is 24.3 Å². The molecule has 1 unspecified atom stereocenters. The Morgan fingerprint density at radius 2 is 2.14 bits per heavy atom. The van der Waals surface area contributed by atoms with Crippen molar-refractivity contribution in [2.24, 2.45) is 5.92 Å². The Morgan fingerprint density at radius 3 is 2.79 bits per heavy atom. The summed E-state index contributed by atoms with van der Waals surface area (Å²) in [6.45, 7) is 5.02. The highest BCUT2D eigenvalue weighted by molar-refractivity contribution is 5.96. The average molecular weight is 378 g/mol. The van der Waals surface area contributed by atoms with Gasteiger partial charge in [-0.05, 0) is 74.6 Å². The number of fused-ring (bicyclic) bond motifs is 1. The molecule has 5 heteroatoms. The molecule has 3 atom stereocenters. The molecule has 5 rings (SSSR count). The number of carbonyl (C=O) groups excluding carboxylic acids is 1. The molecule has 0 amide bonds. The van der Waals surface area contributed by atoms with Crippen LogP contribution in [0.25, 0.3) is 10.9 Å². The van der Waals surface area contributed by atoms with E-state index in [4.69, 9.17) is 9.47 Å². The molecule has 2 heterocycles. The lowest BCUT2D eigenvalue weighted by Crippen LogP contribution is -2.26. The Labute approximate surface area is 165 Å². The second-order valence-electron chi connectivity index (χ2n) is 8.77. The smallest absolute Gasteiger partial charge is 0.355 e. The van der Waals surface area contributed by atoms with Crippen LogP contribution >= 0.6 is 0 Å². The Bertz CT molecular complexity index is 997. The van der Waals surface area contributed by atoms with Gasteiger partial charge >= 0.3 is 5.97 Å². The van der Waals surface area contributed by atoms with Gasteiger partial charge in [0.2, 0.25) is 0 Å². The molecule has 2 aromatic rings. The maximum atomic E-state index is 12.6. The zero-order valence-electron chi connectivity index (χ0n) is 16.5. The molecule has 28 heavy (non-hydrogen) atoms. The first-order valence-corrected chi connectivity index (χ1v) is 10.4. The van der Waals surface area contributed by atoms with Gasteiger partial charge in [0.1, 0.15) is 11.2 Å². The monoisotopic (exact) mass is 378 g/mol. The molecule has 2 aliphatic carbocycles. The molecule has 3 aliphatic rings. The van der Waals surface area contributed by atoms with E-state index in [0.717, 1.165) is 36.8 Å². The molecular weight excluding hydrogens is 352 g/mol. The summed E-state index contributed by atoms with van der Waals surface area (Å²) >= 11 is 0. The van der Waals surface area contributed by atoms with Gasteiger partial charge in [0.15, 0.2) is 0 Å². The lowest BCUT2D eigenvalue weighted by atomic mass is 9.87. The van der Waals surface area contributed by atoms with Gasteiger partial charge in [0, 0.05) is 12.0 Å². The molecule has 146 valence electrons. The van der Waals surface area contributed by atoms with E-state index in [1.807, 2.05) is 17.6 Å². The van der Waals surface area contributed by atoms with Crippen LogP contribution in [-0.4, -0.2) is 29.4 Å². The fourth-order valence-electron chi connectivity index (χ4n) is 5.00. The first-order valence-electron chi connectivity index (χ1n) is 10.4. The third kappa shape index (κ3) is 2.58. The molecular formula is C23H26N2O3. The Morgan fingerprint density at radius 1 is 1.36 bits per heavy atom. The van der Waals surface area contributed by atoms with Crippen LogP contribution in [0.2, 0.25) is 0 Å². The van der Waals surface area contributed by atoms with Gasteiger partial charge in [-0.3, -0.25) is 0 Å². The molecule has 1 saturated heterocycles. The second-order valence-corrected chi connectivity index (χ2v) is 8.77. The quantitative estimate of drug-likeness (QED) is 0.735. The lowest BCUT2D eigenvalue weighted by molar-refractivity contribution is -0.0132. The van der Waals surface area contributed by atoms with Crippen molar-refractivity contribution in [2.45, 2.75) is 63.0 Å². The number of hydrogen-bond donors (Lipinski definition) is 0. The summed E-state index contributed by atoms with van der Waals surface area (Å²) in [6, 6.07) is 10.9. The van der Waals surface area contributed by atoms with Crippen molar-refractivity contribution < 1.29 is 14.3 Å². The molecule has 2 saturated carbocycles. The maximum absolute atomic E-state index is 12.6. The predicted octanol–water partition coefficient (Wildman–Crippen LogP) is 4.50. The van der Waals surface area contributed by atoms with E-state index in [2.05, 4.69) is 31.2 Å². The topological polar surface area (TPSA) is 64.2 Å². The molecule has 0 radical (unpaired) electrons. The van der Waals surface area contributed by atoms with E-state index in [-0.39, 0.29) is 17.5 Å². The zero-order chi connectivity index (χ0) is 19.5. The van der Waals surface area contributed by atoms with Gasteiger partial charge in [0.25, 0.3) is 0 Å². The molecule has 0 bridgehead atoms. The molecule has 1 spiro atoms. The van der Waals surface area contributed by atoms with E-state index in [1.54, 1.807) is 0 Å². The van der Waals surface area contributed by atoms with Crippen LogP contribution < -0.4 is 0 Å². The van der Waals surface area contributed by atoms with Crippen molar-refractivity contribution >= 4 is 16.9 Å². The van der Waals surface area contributed by atoms with Crippen LogP contribution in [0.5, 0.6) is 0 Å². The standard InChI is InChI=1S/C23H26N2O3/c1-3-27-21(26)20-11-18-10-16(17-6-9-28-22(13-17)7-8-22)4-5-19(18)25(20)23(14-24)12-15(23)2/h4-5,10-11,15,17H,3,6-9,12-13H2,1-2H3/t15-,17?,23+/m0/s1. The van der Waals surface area contributed by atoms with E-state index < -0.39 is 5.54 Å². The minimum atomic E-state index is -0.637. The van der Waals surface area contributed by atoms with Crippen molar-refractivity contribution in [3.05, 3.63) is 35.5 Å². The molecule has 1 aliphatic heterocycles. The first kappa shape index (κ1) is 17.8. The van der Waals surface area contributed by atoms with E-state index in [9.17, 15) is 10.1 Å². The minimum Gasteiger partial charge on any atom is -0.461 e. The van der Waals surface area contributed by atoms with Crippen molar-refractivity contribution in [2.75, 3.05) is 13.2 Å². The van der Waals surface area contributed by atoms with E-state index in [1.165, 1.54) is 18.4 Å². The summed E-state index contributed by atoms with van der Waals surface area (Å²) in [6.07, 6.45) is 5.25. The highest BCUT2D eigenvalue weighted by Crippen LogP contribution is 2.53. The summed E-state index contributed by atoms with van der Waals surface area (Å²) in [7, 11) is 0. The number of rotatable bonds is 4. The predicted molar refractivity (Wildman–Crippen MR) is 105 cm³/mol. The summed E-state index contributed by atoms with van der Waals surface area (Å²) in [5, 5.41) is 10.9. The second kappa shape index (κ2) is 6.09. The average Bonchev–Trinajstić information content (AvgIpc) is 3.56. The van der Waals surface area contributed by atoms with Gasteiger partial charge < -0.3 is 14.0 Å². The van der Waals surface area contributed by atoms with Crippen molar-refractivity contribution in [3.8, 4) is 6.07 Å². The summed E-state index contributed by atoms with van der Waals surface area (Å²) < 4.78 is 13.2. The summed E-state index contributed by atoms with van der Waals surface area (Å²) in [5.74, 6) is 0.378. The SMILES string of the molecule is CCOC(=O)c1cc2cc(C3CCOC4(CC4)C3)ccc2n1[C@@]1(C#N)C[C@@H]1C. The third-order valence-electron chi connectivity index (χ3n) is 6.95. The molecule has 1 aromatic carbocycles.